The molecule has 0 radical (unpaired) electrons. The summed E-state index contributed by atoms with van der Waals surface area (Å²) in [6.07, 6.45) is 0. The maximum absolute atomic E-state index is 13.1. The lowest BCUT2D eigenvalue weighted by Crippen LogP contribution is -2.27. The third-order valence-electron chi connectivity index (χ3n) is 4.15. The smallest absolute Gasteiger partial charge is 0.241 e. The number of amides is 1. The largest absolute Gasteiger partial charge is 0.280 e. The fraction of sp³-hybridized carbons (Fsp3) is 0.0435. The molecule has 0 saturated carbocycles. The summed E-state index contributed by atoms with van der Waals surface area (Å²) >= 11 is 3.05. The highest BCUT2D eigenvalue weighted by atomic mass is 32.2. The van der Waals surface area contributed by atoms with E-state index in [0.29, 0.717) is 5.75 Å². The molecular weight excluding hydrogens is 384 g/mol. The van der Waals surface area contributed by atoms with E-state index in [0.717, 1.165) is 27.0 Å². The third-order valence-corrected chi connectivity index (χ3v) is 6.16. The first-order valence-corrected chi connectivity index (χ1v) is 10.7. The van der Waals surface area contributed by atoms with E-state index in [4.69, 9.17) is 0 Å². The van der Waals surface area contributed by atoms with Crippen LogP contribution >= 0.6 is 23.1 Å². The van der Waals surface area contributed by atoms with Gasteiger partial charge in [-0.1, -0.05) is 78.5 Å². The Kier molecular flexibility index (Phi) is 5.85. The summed E-state index contributed by atoms with van der Waals surface area (Å²) in [6.45, 7) is 0. The molecule has 0 unspecified atom stereocenters. The molecule has 0 atom stereocenters. The zero-order valence-corrected chi connectivity index (χ0v) is 16.7. The van der Waals surface area contributed by atoms with Gasteiger partial charge in [-0.15, -0.1) is 11.3 Å². The van der Waals surface area contributed by atoms with Crippen molar-refractivity contribution in [3.05, 3.63) is 96.4 Å². The molecule has 1 amide bonds. The molecule has 0 spiro atoms. The first-order valence-electron chi connectivity index (χ1n) is 8.88. The average Bonchev–Trinajstić information content (AvgIpc) is 3.24. The Hall–Kier alpha value is -2.89. The third kappa shape index (κ3) is 4.32. The zero-order valence-electron chi connectivity index (χ0n) is 15.1. The number of aromatic nitrogens is 1. The minimum atomic E-state index is 0.0267. The monoisotopic (exact) mass is 402 g/mol. The highest BCUT2D eigenvalue weighted by molar-refractivity contribution is 8.01. The summed E-state index contributed by atoms with van der Waals surface area (Å²) < 4.78 is 0.897. The molecule has 28 heavy (non-hydrogen) atoms. The van der Waals surface area contributed by atoms with E-state index in [1.807, 2.05) is 96.4 Å². The van der Waals surface area contributed by atoms with Crippen molar-refractivity contribution in [2.45, 2.75) is 4.34 Å². The quantitative estimate of drug-likeness (QED) is 0.357. The van der Waals surface area contributed by atoms with Crippen LogP contribution in [0, 0.1) is 0 Å². The number of benzene rings is 3. The number of carbonyl (C=O) groups excluding carboxylic acids is 1. The van der Waals surface area contributed by atoms with E-state index in [9.17, 15) is 4.79 Å². The first-order chi connectivity index (χ1) is 13.8. The lowest BCUT2D eigenvalue weighted by Gasteiger charge is -2.22. The number of carbonyl (C=O) groups is 1. The summed E-state index contributed by atoms with van der Waals surface area (Å²) in [5.41, 5.74) is 3.77. The molecule has 138 valence electrons. The molecule has 4 aromatic rings. The number of thiazole rings is 1. The predicted molar refractivity (Wildman–Crippen MR) is 118 cm³/mol. The Morgan fingerprint density at radius 1 is 0.821 bits per heavy atom. The number of anilines is 2. The molecule has 5 heteroatoms. The lowest BCUT2D eigenvalue weighted by molar-refractivity contribution is -0.115. The maximum atomic E-state index is 13.1. The molecule has 0 N–H and O–H groups in total. The van der Waals surface area contributed by atoms with Gasteiger partial charge in [-0.25, -0.2) is 4.98 Å². The second kappa shape index (κ2) is 8.87. The number of hydrogen-bond acceptors (Lipinski definition) is 4. The zero-order chi connectivity index (χ0) is 19.2. The molecule has 1 aromatic heterocycles. The van der Waals surface area contributed by atoms with Crippen LogP contribution in [0.5, 0.6) is 0 Å². The van der Waals surface area contributed by atoms with Crippen molar-refractivity contribution in [2.24, 2.45) is 0 Å². The minimum Gasteiger partial charge on any atom is -0.280 e. The Balaban J connectivity index is 1.50. The van der Waals surface area contributed by atoms with E-state index in [1.165, 1.54) is 11.8 Å². The number of nitrogens with zero attached hydrogens (tertiary/aromatic N) is 2. The summed E-state index contributed by atoms with van der Waals surface area (Å²) in [5.74, 6) is 0.352. The van der Waals surface area contributed by atoms with Gasteiger partial charge >= 0.3 is 0 Å². The average molecular weight is 403 g/mol. The Labute approximate surface area is 172 Å². The van der Waals surface area contributed by atoms with Crippen LogP contribution in [0.3, 0.4) is 0 Å². The Morgan fingerprint density at radius 2 is 1.36 bits per heavy atom. The van der Waals surface area contributed by atoms with Gasteiger partial charge in [0.2, 0.25) is 5.91 Å². The molecule has 1 heterocycles. The Morgan fingerprint density at radius 3 is 1.93 bits per heavy atom. The van der Waals surface area contributed by atoms with Crippen LogP contribution in [-0.2, 0) is 4.79 Å². The second-order valence-electron chi connectivity index (χ2n) is 6.05. The molecule has 3 aromatic carbocycles. The van der Waals surface area contributed by atoms with Crippen molar-refractivity contribution in [3.8, 4) is 11.3 Å². The summed E-state index contributed by atoms with van der Waals surface area (Å²) in [5, 5.41) is 2.04. The fourth-order valence-electron chi connectivity index (χ4n) is 2.84. The van der Waals surface area contributed by atoms with E-state index < -0.39 is 0 Å². The van der Waals surface area contributed by atoms with Crippen LogP contribution in [0.4, 0.5) is 11.4 Å². The predicted octanol–water partition coefficient (Wildman–Crippen LogP) is 6.27. The second-order valence-corrected chi connectivity index (χ2v) is 8.13. The van der Waals surface area contributed by atoms with Gasteiger partial charge in [-0.3, -0.25) is 9.69 Å². The topological polar surface area (TPSA) is 33.2 Å². The Bertz CT molecular complexity index is 994. The summed E-state index contributed by atoms with van der Waals surface area (Å²) in [4.78, 5) is 19.5. The number of thioether (sulfide) groups is 1. The highest BCUT2D eigenvalue weighted by Gasteiger charge is 2.18. The van der Waals surface area contributed by atoms with Crippen molar-refractivity contribution in [2.75, 3.05) is 10.7 Å². The van der Waals surface area contributed by atoms with Gasteiger partial charge in [0, 0.05) is 22.3 Å². The van der Waals surface area contributed by atoms with Crippen LogP contribution in [0.15, 0.2) is 101 Å². The number of rotatable bonds is 6. The highest BCUT2D eigenvalue weighted by Crippen LogP contribution is 2.30. The molecule has 0 bridgehead atoms. The van der Waals surface area contributed by atoms with E-state index in [2.05, 4.69) is 4.98 Å². The van der Waals surface area contributed by atoms with Gasteiger partial charge in [0.05, 0.1) is 11.4 Å². The van der Waals surface area contributed by atoms with Crippen molar-refractivity contribution in [1.82, 2.24) is 4.98 Å². The molecule has 3 nitrogen and oxygen atoms in total. The SMILES string of the molecule is O=C(CSc1nc(-c2ccccc2)cs1)N(c1ccccc1)c1ccccc1. The maximum Gasteiger partial charge on any atom is 0.241 e. The van der Waals surface area contributed by atoms with E-state index in [1.54, 1.807) is 16.2 Å². The molecule has 0 saturated heterocycles. The minimum absolute atomic E-state index is 0.0267. The van der Waals surface area contributed by atoms with Crippen molar-refractivity contribution in [1.29, 1.82) is 0 Å². The fourth-order valence-corrected chi connectivity index (χ4v) is 4.53. The van der Waals surface area contributed by atoms with Gasteiger partial charge in [-0.2, -0.15) is 0 Å². The van der Waals surface area contributed by atoms with Crippen molar-refractivity contribution in [3.63, 3.8) is 0 Å². The van der Waals surface area contributed by atoms with Gasteiger partial charge in [-0.05, 0) is 24.3 Å². The van der Waals surface area contributed by atoms with Gasteiger partial charge < -0.3 is 0 Å². The van der Waals surface area contributed by atoms with Gasteiger partial charge in [0.1, 0.15) is 0 Å². The molecule has 0 aliphatic rings. The number of hydrogen-bond donors (Lipinski definition) is 0. The molecule has 0 aliphatic carbocycles. The standard InChI is InChI=1S/C23H18N2OS2/c26-22(17-28-23-24-21(16-27-23)18-10-4-1-5-11-18)25(19-12-6-2-7-13-19)20-14-8-3-9-15-20/h1-16H,17H2. The van der Waals surface area contributed by atoms with E-state index in [-0.39, 0.29) is 5.91 Å². The number of para-hydroxylation sites is 2. The van der Waals surface area contributed by atoms with Crippen LogP contribution in [-0.4, -0.2) is 16.6 Å². The lowest BCUT2D eigenvalue weighted by atomic mass is 10.2. The van der Waals surface area contributed by atoms with Gasteiger partial charge in [0.25, 0.3) is 0 Å². The van der Waals surface area contributed by atoms with Crippen LogP contribution in [0.25, 0.3) is 11.3 Å². The van der Waals surface area contributed by atoms with E-state index >= 15 is 0 Å². The summed E-state index contributed by atoms with van der Waals surface area (Å²) in [6, 6.07) is 29.6. The van der Waals surface area contributed by atoms with Gasteiger partial charge in [0.15, 0.2) is 4.34 Å². The first kappa shape index (κ1) is 18.5. The van der Waals surface area contributed by atoms with Crippen molar-refractivity contribution >= 4 is 40.4 Å². The van der Waals surface area contributed by atoms with Crippen LogP contribution in [0.2, 0.25) is 0 Å². The van der Waals surface area contributed by atoms with Crippen LogP contribution in [0.1, 0.15) is 0 Å². The van der Waals surface area contributed by atoms with Crippen molar-refractivity contribution < 1.29 is 4.79 Å². The molecule has 0 fully saturated rings. The summed E-state index contributed by atoms with van der Waals surface area (Å²) in [7, 11) is 0. The normalized spacial score (nSPS) is 10.6. The molecule has 0 aliphatic heterocycles. The van der Waals surface area contributed by atoms with Crippen LogP contribution < -0.4 is 4.90 Å². The molecule has 4 rings (SSSR count). The molecular formula is C23H18N2OS2.